The van der Waals surface area contributed by atoms with Crippen molar-refractivity contribution in [3.63, 3.8) is 0 Å². The molecule has 1 aliphatic rings. The van der Waals surface area contributed by atoms with E-state index in [4.69, 9.17) is 0 Å². The number of rotatable bonds is 4. The minimum absolute atomic E-state index is 0.503. The number of alkyl halides is 3. The lowest BCUT2D eigenvalue weighted by Gasteiger charge is -2.27. The Morgan fingerprint density at radius 1 is 1.29 bits per heavy atom. The van der Waals surface area contributed by atoms with Gasteiger partial charge in [-0.05, 0) is 13.3 Å². The Balaban J connectivity index is 1.71. The molecule has 0 aromatic carbocycles. The lowest BCUT2D eigenvalue weighted by Crippen LogP contribution is -2.31. The second kappa shape index (κ2) is 6.51. The van der Waals surface area contributed by atoms with Gasteiger partial charge in [0.2, 0.25) is 5.82 Å². The summed E-state index contributed by atoms with van der Waals surface area (Å²) in [5.41, 5.74) is 3.43. The van der Waals surface area contributed by atoms with Crippen LogP contribution in [0.5, 0.6) is 0 Å². The van der Waals surface area contributed by atoms with Crippen LogP contribution in [-0.2, 0) is 32.2 Å². The van der Waals surface area contributed by atoms with Gasteiger partial charge in [-0.2, -0.15) is 18.3 Å². The second-order valence-corrected chi connectivity index (χ2v) is 6.13. The molecule has 24 heavy (non-hydrogen) atoms. The van der Waals surface area contributed by atoms with E-state index in [0.29, 0.717) is 25.2 Å². The average molecular weight is 339 g/mol. The summed E-state index contributed by atoms with van der Waals surface area (Å²) >= 11 is 0. The quantitative estimate of drug-likeness (QED) is 0.859. The number of nitrogens with zero attached hydrogens (tertiary/aromatic N) is 5. The van der Waals surface area contributed by atoms with Crippen molar-refractivity contribution in [2.24, 2.45) is 0 Å². The van der Waals surface area contributed by atoms with Crippen molar-refractivity contribution < 1.29 is 13.2 Å². The number of hydrogen-bond donors (Lipinski definition) is 0. The summed E-state index contributed by atoms with van der Waals surface area (Å²) in [5, 5.41) is 4.49. The largest absolute Gasteiger partial charge is 0.451 e. The van der Waals surface area contributed by atoms with E-state index in [9.17, 15) is 13.2 Å². The lowest BCUT2D eigenvalue weighted by molar-refractivity contribution is -0.145. The Kier molecular flexibility index (Phi) is 4.58. The predicted octanol–water partition coefficient (Wildman–Crippen LogP) is 2.97. The molecule has 0 saturated heterocycles. The SMILES string of the molecule is CCCn1cc(CN2CCc3nc(C(F)(F)F)ncc3C2)c(C)n1. The van der Waals surface area contributed by atoms with Crippen molar-refractivity contribution in [2.75, 3.05) is 6.54 Å². The maximum absolute atomic E-state index is 12.7. The molecule has 0 atom stereocenters. The Bertz CT molecular complexity index is 723. The molecular weight excluding hydrogens is 319 g/mol. The van der Waals surface area contributed by atoms with Gasteiger partial charge >= 0.3 is 6.18 Å². The number of fused-ring (bicyclic) bond motifs is 1. The molecule has 130 valence electrons. The lowest BCUT2D eigenvalue weighted by atomic mass is 10.1. The van der Waals surface area contributed by atoms with Gasteiger partial charge in [0, 0.05) is 56.1 Å². The molecule has 0 amide bonds. The summed E-state index contributed by atoms with van der Waals surface area (Å²) in [4.78, 5) is 9.36. The third kappa shape index (κ3) is 3.58. The van der Waals surface area contributed by atoms with E-state index in [0.717, 1.165) is 36.3 Å². The summed E-state index contributed by atoms with van der Waals surface area (Å²) in [6.07, 6.45) is 0.402. The fourth-order valence-corrected chi connectivity index (χ4v) is 2.94. The molecule has 0 fully saturated rings. The van der Waals surface area contributed by atoms with Crippen LogP contribution in [0, 0.1) is 6.92 Å². The van der Waals surface area contributed by atoms with Crippen LogP contribution in [0.4, 0.5) is 13.2 Å². The van der Waals surface area contributed by atoms with E-state index >= 15 is 0 Å². The smallest absolute Gasteiger partial charge is 0.294 e. The van der Waals surface area contributed by atoms with E-state index in [1.807, 2.05) is 11.6 Å². The molecular formula is C16H20F3N5. The fourth-order valence-electron chi connectivity index (χ4n) is 2.94. The molecule has 0 radical (unpaired) electrons. The molecule has 0 spiro atoms. The molecule has 2 aromatic heterocycles. The maximum Gasteiger partial charge on any atom is 0.451 e. The Morgan fingerprint density at radius 3 is 2.79 bits per heavy atom. The van der Waals surface area contributed by atoms with Crippen molar-refractivity contribution in [3.8, 4) is 0 Å². The van der Waals surface area contributed by atoms with Crippen molar-refractivity contribution >= 4 is 0 Å². The zero-order chi connectivity index (χ0) is 17.3. The highest BCUT2D eigenvalue weighted by molar-refractivity contribution is 5.22. The van der Waals surface area contributed by atoms with E-state index in [2.05, 4.69) is 33.1 Å². The molecule has 0 N–H and O–H groups in total. The topological polar surface area (TPSA) is 46.8 Å². The van der Waals surface area contributed by atoms with Crippen LogP contribution in [0.2, 0.25) is 0 Å². The van der Waals surface area contributed by atoms with Crippen molar-refractivity contribution in [3.05, 3.63) is 40.7 Å². The van der Waals surface area contributed by atoms with Crippen molar-refractivity contribution in [1.82, 2.24) is 24.6 Å². The monoisotopic (exact) mass is 339 g/mol. The van der Waals surface area contributed by atoms with Crippen LogP contribution >= 0.6 is 0 Å². The maximum atomic E-state index is 12.7. The number of aromatic nitrogens is 4. The summed E-state index contributed by atoms with van der Waals surface area (Å²) in [6.45, 7) is 6.95. The van der Waals surface area contributed by atoms with Gasteiger partial charge in [0.25, 0.3) is 0 Å². The number of halogens is 3. The van der Waals surface area contributed by atoms with Crippen molar-refractivity contribution in [2.45, 2.75) is 52.5 Å². The van der Waals surface area contributed by atoms with Crippen LogP contribution < -0.4 is 0 Å². The first-order chi connectivity index (χ1) is 11.4. The van der Waals surface area contributed by atoms with Gasteiger partial charge < -0.3 is 0 Å². The number of aryl methyl sites for hydroxylation is 2. The van der Waals surface area contributed by atoms with Crippen LogP contribution in [0.3, 0.4) is 0 Å². The van der Waals surface area contributed by atoms with Crippen LogP contribution in [0.15, 0.2) is 12.4 Å². The average Bonchev–Trinajstić information content (AvgIpc) is 2.86. The Labute approximate surface area is 138 Å². The van der Waals surface area contributed by atoms with E-state index < -0.39 is 12.0 Å². The molecule has 1 aliphatic heterocycles. The van der Waals surface area contributed by atoms with Gasteiger partial charge in [0.15, 0.2) is 0 Å². The molecule has 0 aliphatic carbocycles. The zero-order valence-corrected chi connectivity index (χ0v) is 13.8. The first kappa shape index (κ1) is 16.9. The molecule has 2 aromatic rings. The standard InChI is InChI=1S/C16H20F3N5/c1-3-5-24-10-13(11(2)22-24)9-23-6-4-14-12(8-23)7-20-15(21-14)16(17,18)19/h7,10H,3-6,8-9H2,1-2H3. The van der Waals surface area contributed by atoms with E-state index in [1.54, 1.807) is 0 Å². The molecule has 8 heteroatoms. The highest BCUT2D eigenvalue weighted by Crippen LogP contribution is 2.28. The van der Waals surface area contributed by atoms with E-state index in [1.165, 1.54) is 6.20 Å². The van der Waals surface area contributed by atoms with Gasteiger partial charge in [-0.25, -0.2) is 9.97 Å². The van der Waals surface area contributed by atoms with Gasteiger partial charge in [-0.3, -0.25) is 9.58 Å². The molecule has 3 heterocycles. The Morgan fingerprint density at radius 2 is 2.08 bits per heavy atom. The second-order valence-electron chi connectivity index (χ2n) is 6.13. The van der Waals surface area contributed by atoms with Gasteiger partial charge in [0.05, 0.1) is 11.4 Å². The van der Waals surface area contributed by atoms with Crippen molar-refractivity contribution in [1.29, 1.82) is 0 Å². The zero-order valence-electron chi connectivity index (χ0n) is 13.8. The summed E-state index contributed by atoms with van der Waals surface area (Å²) in [7, 11) is 0. The minimum atomic E-state index is -4.49. The normalized spacial score (nSPS) is 15.5. The van der Waals surface area contributed by atoms with Gasteiger partial charge in [-0.15, -0.1) is 0 Å². The summed E-state index contributed by atoms with van der Waals surface area (Å²) in [5.74, 6) is -1.05. The van der Waals surface area contributed by atoms with Crippen LogP contribution in [-0.4, -0.2) is 31.2 Å². The van der Waals surface area contributed by atoms with E-state index in [-0.39, 0.29) is 0 Å². The molecule has 0 bridgehead atoms. The molecule has 0 unspecified atom stereocenters. The van der Waals surface area contributed by atoms with Crippen LogP contribution in [0.25, 0.3) is 0 Å². The molecule has 0 saturated carbocycles. The van der Waals surface area contributed by atoms with Gasteiger partial charge in [-0.1, -0.05) is 6.92 Å². The first-order valence-electron chi connectivity index (χ1n) is 8.04. The highest BCUT2D eigenvalue weighted by Gasteiger charge is 2.35. The molecule has 3 rings (SSSR count). The Hall–Kier alpha value is -1.96. The minimum Gasteiger partial charge on any atom is -0.294 e. The fraction of sp³-hybridized carbons (Fsp3) is 0.562. The predicted molar refractivity (Wildman–Crippen MR) is 82.1 cm³/mol. The van der Waals surface area contributed by atoms with Crippen LogP contribution in [0.1, 0.15) is 41.7 Å². The highest BCUT2D eigenvalue weighted by atomic mass is 19.4. The first-order valence-corrected chi connectivity index (χ1v) is 8.04. The third-order valence-electron chi connectivity index (χ3n) is 4.16. The summed E-state index contributed by atoms with van der Waals surface area (Å²) < 4.78 is 40.0. The van der Waals surface area contributed by atoms with Gasteiger partial charge in [0.1, 0.15) is 0 Å². The molecule has 5 nitrogen and oxygen atoms in total. The number of hydrogen-bond acceptors (Lipinski definition) is 4. The third-order valence-corrected chi connectivity index (χ3v) is 4.16. The summed E-state index contributed by atoms with van der Waals surface area (Å²) in [6, 6.07) is 0.